The molecular weight excluding hydrogens is 342 g/mol. The molecule has 2 aromatic carbocycles. The van der Waals surface area contributed by atoms with Gasteiger partial charge in [0.15, 0.2) is 5.78 Å². The van der Waals surface area contributed by atoms with E-state index in [1.54, 1.807) is 16.7 Å². The number of fused-ring (bicyclic) bond motifs is 1. The third-order valence-electron chi connectivity index (χ3n) is 4.47. The van der Waals surface area contributed by atoms with Gasteiger partial charge in [-0.1, -0.05) is 42.5 Å². The molecule has 0 fully saturated rings. The maximum absolute atomic E-state index is 12.0. The summed E-state index contributed by atoms with van der Waals surface area (Å²) in [5, 5.41) is 2.85. The number of ketones is 1. The van der Waals surface area contributed by atoms with E-state index in [0.29, 0.717) is 44.3 Å². The number of Topliss-reactive ketones (excluding diaryl/α,β-unsaturated/α-hetero) is 1. The van der Waals surface area contributed by atoms with Crippen molar-refractivity contribution in [1.82, 2.24) is 14.9 Å². The molecule has 1 aromatic heterocycles. The number of aromatic nitrogens is 2. The number of hydrogen-bond acceptors (Lipinski definition) is 3. The van der Waals surface area contributed by atoms with E-state index in [4.69, 9.17) is 0 Å². The van der Waals surface area contributed by atoms with Crippen LogP contribution >= 0.6 is 0 Å². The van der Waals surface area contributed by atoms with Gasteiger partial charge in [0.25, 0.3) is 0 Å². The van der Waals surface area contributed by atoms with E-state index in [-0.39, 0.29) is 17.4 Å². The Kier molecular flexibility index (Phi) is 6.20. The number of aromatic amines is 1. The quantitative estimate of drug-likeness (QED) is 0.452. The zero-order valence-corrected chi connectivity index (χ0v) is 15.1. The Morgan fingerprint density at radius 3 is 2.48 bits per heavy atom. The van der Waals surface area contributed by atoms with Gasteiger partial charge in [-0.2, -0.15) is 0 Å². The van der Waals surface area contributed by atoms with Crippen molar-refractivity contribution >= 4 is 22.7 Å². The second-order valence-electron chi connectivity index (χ2n) is 6.45. The summed E-state index contributed by atoms with van der Waals surface area (Å²) in [5.41, 5.74) is 2.23. The van der Waals surface area contributed by atoms with Gasteiger partial charge in [0, 0.05) is 31.5 Å². The number of rotatable bonds is 9. The van der Waals surface area contributed by atoms with E-state index in [1.165, 1.54) is 0 Å². The molecule has 0 saturated heterocycles. The molecule has 0 bridgehead atoms. The lowest BCUT2D eigenvalue weighted by molar-refractivity contribution is -0.121. The lowest BCUT2D eigenvalue weighted by Gasteiger charge is -2.06. The van der Waals surface area contributed by atoms with Crippen molar-refractivity contribution < 1.29 is 9.59 Å². The van der Waals surface area contributed by atoms with Crippen LogP contribution < -0.4 is 11.0 Å². The zero-order chi connectivity index (χ0) is 19.1. The molecule has 140 valence electrons. The highest BCUT2D eigenvalue weighted by atomic mass is 16.2. The van der Waals surface area contributed by atoms with E-state index in [0.717, 1.165) is 11.0 Å². The monoisotopic (exact) mass is 365 g/mol. The molecule has 0 spiro atoms. The van der Waals surface area contributed by atoms with Gasteiger partial charge in [-0.05, 0) is 25.0 Å². The van der Waals surface area contributed by atoms with Crippen LogP contribution in [0.15, 0.2) is 59.4 Å². The predicted octanol–water partition coefficient (Wildman–Crippen LogP) is 2.89. The first kappa shape index (κ1) is 18.6. The Labute approximate surface area is 157 Å². The lowest BCUT2D eigenvalue weighted by atomic mass is 10.1. The van der Waals surface area contributed by atoms with Crippen LogP contribution in [0.25, 0.3) is 11.0 Å². The largest absolute Gasteiger partial charge is 0.356 e. The van der Waals surface area contributed by atoms with Crippen molar-refractivity contribution in [3.63, 3.8) is 0 Å². The van der Waals surface area contributed by atoms with Crippen molar-refractivity contribution in [2.45, 2.75) is 32.2 Å². The molecule has 0 aliphatic rings. The molecule has 0 aliphatic heterocycles. The van der Waals surface area contributed by atoms with Gasteiger partial charge in [-0.15, -0.1) is 0 Å². The number of hydrogen-bond donors (Lipinski definition) is 2. The number of imidazole rings is 1. The molecular formula is C21H23N3O3. The molecule has 6 nitrogen and oxygen atoms in total. The third-order valence-corrected chi connectivity index (χ3v) is 4.47. The van der Waals surface area contributed by atoms with Crippen molar-refractivity contribution in [3.8, 4) is 0 Å². The summed E-state index contributed by atoms with van der Waals surface area (Å²) in [6.45, 7) is 1.03. The summed E-state index contributed by atoms with van der Waals surface area (Å²) < 4.78 is 1.68. The Morgan fingerprint density at radius 2 is 1.67 bits per heavy atom. The van der Waals surface area contributed by atoms with Crippen molar-refractivity contribution in [2.75, 3.05) is 6.54 Å². The fourth-order valence-corrected chi connectivity index (χ4v) is 3.06. The second kappa shape index (κ2) is 8.98. The standard InChI is InChI=1S/C21H23N3O3/c25-19(16-8-2-1-3-9-16)12-6-13-20(26)22-14-7-15-24-18-11-5-4-10-17(18)23-21(24)27/h1-5,8-11H,6-7,12-15H2,(H,22,26)(H,23,27). The summed E-state index contributed by atoms with van der Waals surface area (Å²) in [6.07, 6.45) is 1.88. The number of H-pyrrole nitrogens is 1. The molecule has 0 atom stereocenters. The highest BCUT2D eigenvalue weighted by molar-refractivity contribution is 5.96. The average molecular weight is 365 g/mol. The zero-order valence-electron chi connectivity index (χ0n) is 15.1. The fraction of sp³-hybridized carbons (Fsp3) is 0.286. The van der Waals surface area contributed by atoms with Gasteiger partial charge >= 0.3 is 5.69 Å². The number of benzene rings is 2. The van der Waals surface area contributed by atoms with E-state index in [9.17, 15) is 14.4 Å². The molecule has 0 aliphatic carbocycles. The van der Waals surface area contributed by atoms with Gasteiger partial charge in [-0.3, -0.25) is 14.2 Å². The summed E-state index contributed by atoms with van der Waals surface area (Å²) in [7, 11) is 0. The number of nitrogens with zero attached hydrogens (tertiary/aromatic N) is 1. The first-order chi connectivity index (χ1) is 13.1. The summed E-state index contributed by atoms with van der Waals surface area (Å²) >= 11 is 0. The number of amides is 1. The molecule has 6 heteroatoms. The summed E-state index contributed by atoms with van der Waals surface area (Å²) in [5.74, 6) is -0.00996. The van der Waals surface area contributed by atoms with Crippen molar-refractivity contribution in [3.05, 3.63) is 70.6 Å². The van der Waals surface area contributed by atoms with Crippen LogP contribution in [0.5, 0.6) is 0 Å². The highest BCUT2D eigenvalue weighted by Gasteiger charge is 2.08. The first-order valence-electron chi connectivity index (χ1n) is 9.17. The Bertz CT molecular complexity index is 973. The Hall–Kier alpha value is -3.15. The normalized spacial score (nSPS) is 10.8. The third kappa shape index (κ3) is 4.94. The van der Waals surface area contributed by atoms with Crippen molar-refractivity contribution in [2.24, 2.45) is 0 Å². The molecule has 2 N–H and O–H groups in total. The predicted molar refractivity (Wildman–Crippen MR) is 105 cm³/mol. The number of aryl methyl sites for hydroxylation is 1. The molecule has 3 aromatic rings. The average Bonchev–Trinajstić information content (AvgIpc) is 3.01. The van der Waals surface area contributed by atoms with Gasteiger partial charge < -0.3 is 10.3 Å². The minimum atomic E-state index is -0.137. The molecule has 1 heterocycles. The van der Waals surface area contributed by atoms with Crippen LogP contribution in [0, 0.1) is 0 Å². The molecule has 0 radical (unpaired) electrons. The summed E-state index contributed by atoms with van der Waals surface area (Å²) in [6, 6.07) is 16.6. The van der Waals surface area contributed by atoms with Crippen LogP contribution in [0.2, 0.25) is 0 Å². The number of carbonyl (C=O) groups is 2. The van der Waals surface area contributed by atoms with E-state index in [1.807, 2.05) is 42.5 Å². The smallest absolute Gasteiger partial charge is 0.326 e. The topological polar surface area (TPSA) is 84.0 Å². The second-order valence-corrected chi connectivity index (χ2v) is 6.45. The highest BCUT2D eigenvalue weighted by Crippen LogP contribution is 2.09. The summed E-state index contributed by atoms with van der Waals surface area (Å²) in [4.78, 5) is 38.7. The van der Waals surface area contributed by atoms with Gasteiger partial charge in [-0.25, -0.2) is 4.79 Å². The van der Waals surface area contributed by atoms with Crippen LogP contribution in [0.3, 0.4) is 0 Å². The maximum atomic E-state index is 12.0. The van der Waals surface area contributed by atoms with Gasteiger partial charge in [0.05, 0.1) is 11.0 Å². The lowest BCUT2D eigenvalue weighted by Crippen LogP contribution is -2.26. The van der Waals surface area contributed by atoms with Crippen LogP contribution in [0.4, 0.5) is 0 Å². The minimum Gasteiger partial charge on any atom is -0.356 e. The Balaban J connectivity index is 1.37. The molecule has 3 rings (SSSR count). The van der Waals surface area contributed by atoms with E-state index >= 15 is 0 Å². The van der Waals surface area contributed by atoms with Gasteiger partial charge in [0.1, 0.15) is 0 Å². The number of para-hydroxylation sites is 2. The van der Waals surface area contributed by atoms with Crippen LogP contribution in [-0.4, -0.2) is 27.8 Å². The fourth-order valence-electron chi connectivity index (χ4n) is 3.06. The molecule has 0 unspecified atom stereocenters. The van der Waals surface area contributed by atoms with E-state index in [2.05, 4.69) is 10.3 Å². The molecule has 0 saturated carbocycles. The number of carbonyl (C=O) groups excluding carboxylic acids is 2. The van der Waals surface area contributed by atoms with Crippen LogP contribution in [0.1, 0.15) is 36.0 Å². The van der Waals surface area contributed by atoms with Crippen LogP contribution in [-0.2, 0) is 11.3 Å². The van der Waals surface area contributed by atoms with Gasteiger partial charge in [0.2, 0.25) is 5.91 Å². The molecule has 27 heavy (non-hydrogen) atoms. The number of nitrogens with one attached hydrogen (secondary N) is 2. The van der Waals surface area contributed by atoms with Crippen molar-refractivity contribution in [1.29, 1.82) is 0 Å². The van der Waals surface area contributed by atoms with E-state index < -0.39 is 0 Å². The first-order valence-corrected chi connectivity index (χ1v) is 9.17. The SMILES string of the molecule is O=C(CCCC(=O)c1ccccc1)NCCCn1c(=O)[nH]c2ccccc21. The molecule has 1 amide bonds. The maximum Gasteiger partial charge on any atom is 0.326 e. The minimum absolute atomic E-state index is 0.0575. The Morgan fingerprint density at radius 1 is 0.926 bits per heavy atom.